The summed E-state index contributed by atoms with van der Waals surface area (Å²) in [5.74, 6) is 0. The highest BCUT2D eigenvalue weighted by Gasteiger charge is 2.28. The van der Waals surface area contributed by atoms with Crippen LogP contribution in [0.4, 0.5) is 0 Å². The van der Waals surface area contributed by atoms with Gasteiger partial charge in [0.2, 0.25) is 0 Å². The molecule has 2 nitrogen and oxygen atoms in total. The second-order valence-electron chi connectivity index (χ2n) is 5.50. The maximum Gasteiger partial charge on any atom is 0.0652 e. The van der Waals surface area contributed by atoms with Crippen LogP contribution < -0.4 is 5.32 Å². The van der Waals surface area contributed by atoms with Crippen LogP contribution in [-0.2, 0) is 11.3 Å². The van der Waals surface area contributed by atoms with Crippen LogP contribution in [0.3, 0.4) is 0 Å². The summed E-state index contributed by atoms with van der Waals surface area (Å²) in [6, 6.07) is 3.91. The predicted octanol–water partition coefficient (Wildman–Crippen LogP) is 4.69. The average Bonchev–Trinajstić information content (AvgIpc) is 2.33. The lowest BCUT2D eigenvalue weighted by atomic mass is 9.94. The molecule has 0 saturated carbocycles. The summed E-state index contributed by atoms with van der Waals surface area (Å²) in [4.78, 5) is 0. The van der Waals surface area contributed by atoms with Crippen LogP contribution in [-0.4, -0.2) is 18.2 Å². The number of benzene rings is 1. The third kappa shape index (κ3) is 3.99. The smallest absolute Gasteiger partial charge is 0.0652 e. The molecular weight excluding hydrogens is 305 g/mol. The highest BCUT2D eigenvalue weighted by molar-refractivity contribution is 6.44. The minimum absolute atomic E-state index is 0.0716. The minimum Gasteiger partial charge on any atom is -0.375 e. The van der Waals surface area contributed by atoms with Crippen LogP contribution >= 0.6 is 34.8 Å². The van der Waals surface area contributed by atoms with Gasteiger partial charge in [-0.25, -0.2) is 0 Å². The van der Waals surface area contributed by atoms with Crippen molar-refractivity contribution in [1.82, 2.24) is 5.32 Å². The molecule has 1 aromatic carbocycles. The zero-order valence-electron chi connectivity index (χ0n) is 11.1. The molecule has 1 unspecified atom stereocenters. The molecule has 2 rings (SSSR count). The number of rotatable bonds is 3. The number of nitrogens with one attached hydrogen (secondary N) is 1. The Morgan fingerprint density at radius 1 is 1.26 bits per heavy atom. The molecule has 0 aliphatic carbocycles. The van der Waals surface area contributed by atoms with Gasteiger partial charge < -0.3 is 10.1 Å². The Morgan fingerprint density at radius 2 is 1.95 bits per heavy atom. The fourth-order valence-electron chi connectivity index (χ4n) is 2.38. The number of hydrogen-bond acceptors (Lipinski definition) is 2. The lowest BCUT2D eigenvalue weighted by molar-refractivity contribution is -0.0630. The van der Waals surface area contributed by atoms with Gasteiger partial charge in [0.15, 0.2) is 0 Å². The SMILES string of the molecule is CC1(C)CC(NCc2c(Cl)ccc(Cl)c2Cl)CCO1. The van der Waals surface area contributed by atoms with Crippen LogP contribution in [0.1, 0.15) is 32.3 Å². The molecule has 1 atom stereocenters. The van der Waals surface area contributed by atoms with Gasteiger partial charge in [-0.3, -0.25) is 0 Å². The van der Waals surface area contributed by atoms with Gasteiger partial charge in [-0.05, 0) is 38.8 Å². The summed E-state index contributed by atoms with van der Waals surface area (Å²) in [7, 11) is 0. The number of halogens is 3. The molecule has 0 bridgehead atoms. The molecule has 0 amide bonds. The number of ether oxygens (including phenoxy) is 1. The third-order valence-electron chi connectivity index (χ3n) is 3.40. The lowest BCUT2D eigenvalue weighted by Crippen LogP contribution is -2.43. The molecule has 1 aromatic rings. The maximum atomic E-state index is 6.19. The second kappa shape index (κ2) is 6.19. The van der Waals surface area contributed by atoms with Gasteiger partial charge in [0, 0.05) is 29.8 Å². The van der Waals surface area contributed by atoms with Crippen molar-refractivity contribution in [3.8, 4) is 0 Å². The molecule has 0 spiro atoms. The molecule has 1 aliphatic rings. The maximum absolute atomic E-state index is 6.19. The fourth-order valence-corrected chi connectivity index (χ4v) is 3.06. The minimum atomic E-state index is -0.0716. The van der Waals surface area contributed by atoms with E-state index in [4.69, 9.17) is 39.5 Å². The van der Waals surface area contributed by atoms with Crippen LogP contribution in [0.25, 0.3) is 0 Å². The zero-order chi connectivity index (χ0) is 14.0. The Balaban J connectivity index is 2.01. The van der Waals surface area contributed by atoms with Crippen molar-refractivity contribution in [2.75, 3.05) is 6.61 Å². The van der Waals surface area contributed by atoms with Crippen molar-refractivity contribution >= 4 is 34.8 Å². The summed E-state index contributed by atoms with van der Waals surface area (Å²) in [6.45, 7) is 5.63. The monoisotopic (exact) mass is 321 g/mol. The first kappa shape index (κ1) is 15.4. The first-order valence-electron chi connectivity index (χ1n) is 6.39. The first-order valence-corrected chi connectivity index (χ1v) is 7.52. The van der Waals surface area contributed by atoms with Crippen molar-refractivity contribution in [1.29, 1.82) is 0 Å². The third-order valence-corrected chi connectivity index (χ3v) is 4.60. The van der Waals surface area contributed by atoms with Gasteiger partial charge in [-0.15, -0.1) is 0 Å². The van der Waals surface area contributed by atoms with E-state index < -0.39 is 0 Å². The molecule has 1 heterocycles. The van der Waals surface area contributed by atoms with Gasteiger partial charge in [-0.2, -0.15) is 0 Å². The first-order chi connectivity index (χ1) is 8.89. The standard InChI is InChI=1S/C14H18Cl3NO/c1-14(2)7-9(5-6-19-14)18-8-10-11(15)3-4-12(16)13(10)17/h3-4,9,18H,5-8H2,1-2H3. The van der Waals surface area contributed by atoms with E-state index in [0.29, 0.717) is 27.7 Å². The van der Waals surface area contributed by atoms with E-state index in [-0.39, 0.29) is 5.60 Å². The van der Waals surface area contributed by atoms with E-state index in [0.717, 1.165) is 25.0 Å². The van der Waals surface area contributed by atoms with Gasteiger partial charge in [0.05, 0.1) is 15.6 Å². The summed E-state index contributed by atoms with van der Waals surface area (Å²) in [5.41, 5.74) is 0.790. The quantitative estimate of drug-likeness (QED) is 0.815. The highest BCUT2D eigenvalue weighted by Crippen LogP contribution is 2.32. The topological polar surface area (TPSA) is 21.3 Å². The molecule has 1 aliphatic heterocycles. The Labute approximate surface area is 129 Å². The van der Waals surface area contributed by atoms with Crippen molar-refractivity contribution in [2.24, 2.45) is 0 Å². The summed E-state index contributed by atoms with van der Waals surface area (Å²) >= 11 is 18.4. The van der Waals surface area contributed by atoms with E-state index in [1.165, 1.54) is 0 Å². The molecule has 19 heavy (non-hydrogen) atoms. The Bertz CT molecular complexity index is 462. The molecule has 106 valence electrons. The van der Waals surface area contributed by atoms with Crippen LogP contribution in [0.15, 0.2) is 12.1 Å². The van der Waals surface area contributed by atoms with E-state index in [1.54, 1.807) is 12.1 Å². The van der Waals surface area contributed by atoms with Crippen molar-refractivity contribution in [3.63, 3.8) is 0 Å². The Kier molecular flexibility index (Phi) is 5.02. The van der Waals surface area contributed by atoms with Crippen molar-refractivity contribution in [2.45, 2.75) is 44.9 Å². The number of hydrogen-bond donors (Lipinski definition) is 1. The predicted molar refractivity (Wildman–Crippen MR) is 81.4 cm³/mol. The lowest BCUT2D eigenvalue weighted by Gasteiger charge is -2.36. The van der Waals surface area contributed by atoms with Crippen LogP contribution in [0, 0.1) is 0 Å². The fraction of sp³-hybridized carbons (Fsp3) is 0.571. The van der Waals surface area contributed by atoms with E-state index >= 15 is 0 Å². The van der Waals surface area contributed by atoms with Crippen molar-refractivity contribution < 1.29 is 4.74 Å². The molecule has 1 saturated heterocycles. The van der Waals surface area contributed by atoms with E-state index in [9.17, 15) is 0 Å². The summed E-state index contributed by atoms with van der Waals surface area (Å²) in [6.07, 6.45) is 1.97. The highest BCUT2D eigenvalue weighted by atomic mass is 35.5. The molecular formula is C14H18Cl3NO. The van der Waals surface area contributed by atoms with Gasteiger partial charge in [-0.1, -0.05) is 34.8 Å². The average molecular weight is 323 g/mol. The van der Waals surface area contributed by atoms with Crippen LogP contribution in [0.2, 0.25) is 15.1 Å². The summed E-state index contributed by atoms with van der Waals surface area (Å²) < 4.78 is 5.70. The molecule has 0 aromatic heterocycles. The largest absolute Gasteiger partial charge is 0.375 e. The Hall–Kier alpha value is 0.01000. The zero-order valence-corrected chi connectivity index (χ0v) is 13.4. The molecule has 0 radical (unpaired) electrons. The molecule has 1 N–H and O–H groups in total. The normalized spacial score (nSPS) is 22.5. The summed E-state index contributed by atoms with van der Waals surface area (Å²) in [5, 5.41) is 5.21. The molecule has 1 fully saturated rings. The van der Waals surface area contributed by atoms with Gasteiger partial charge in [0.25, 0.3) is 0 Å². The van der Waals surface area contributed by atoms with Crippen molar-refractivity contribution in [3.05, 3.63) is 32.8 Å². The van der Waals surface area contributed by atoms with E-state index in [2.05, 4.69) is 19.2 Å². The van der Waals surface area contributed by atoms with Gasteiger partial charge in [0.1, 0.15) is 0 Å². The van der Waals surface area contributed by atoms with E-state index in [1.807, 2.05) is 0 Å². The van der Waals surface area contributed by atoms with Gasteiger partial charge >= 0.3 is 0 Å². The second-order valence-corrected chi connectivity index (χ2v) is 6.69. The Morgan fingerprint density at radius 3 is 2.63 bits per heavy atom. The molecule has 5 heteroatoms. The van der Waals surface area contributed by atoms with Crippen LogP contribution in [0.5, 0.6) is 0 Å².